The highest BCUT2D eigenvalue weighted by Crippen LogP contribution is 2.35. The number of carbonyl (C=O) groups is 1. The van der Waals surface area contributed by atoms with Crippen LogP contribution in [0.25, 0.3) is 10.6 Å². The van der Waals surface area contributed by atoms with E-state index in [-0.39, 0.29) is 0 Å². The summed E-state index contributed by atoms with van der Waals surface area (Å²) in [6, 6.07) is 15.8. The normalized spacial score (nSPS) is 12.6. The first kappa shape index (κ1) is 24.1. The fraction of sp³-hybridized carbons (Fsp3) is 0.200. The van der Waals surface area contributed by atoms with E-state index >= 15 is 0 Å². The molecular weight excluding hydrogens is 481 g/mol. The SMILES string of the molecule is Cc1nc(-c2ccc(C(F)(F)F)cc2)sc1CSc1ccc(CC(C(=O)O)n2cccc2)cc1. The molecule has 0 aliphatic carbocycles. The maximum absolute atomic E-state index is 12.8. The number of carboxylic acids is 1. The highest BCUT2D eigenvalue weighted by Gasteiger charge is 2.30. The quantitative estimate of drug-likeness (QED) is 0.261. The second kappa shape index (κ2) is 10.1. The van der Waals surface area contributed by atoms with Gasteiger partial charge in [-0.3, -0.25) is 0 Å². The molecule has 0 saturated heterocycles. The molecule has 0 bridgehead atoms. The summed E-state index contributed by atoms with van der Waals surface area (Å²) in [5.74, 6) is -0.191. The average Bonchev–Trinajstić information content (AvgIpc) is 3.46. The van der Waals surface area contributed by atoms with E-state index in [0.29, 0.717) is 22.7 Å². The molecule has 1 unspecified atom stereocenters. The monoisotopic (exact) mass is 502 g/mol. The molecule has 0 aliphatic heterocycles. The van der Waals surface area contributed by atoms with Crippen LogP contribution in [0.3, 0.4) is 0 Å². The van der Waals surface area contributed by atoms with Crippen molar-refractivity contribution in [2.75, 3.05) is 0 Å². The van der Waals surface area contributed by atoms with Crippen molar-refractivity contribution in [1.82, 2.24) is 9.55 Å². The molecule has 0 aliphatic rings. The highest BCUT2D eigenvalue weighted by atomic mass is 32.2. The number of thiazole rings is 1. The standard InChI is InChI=1S/C25H21F3N2O2S2/c1-16-22(34-23(29-16)18-6-8-19(9-7-18)25(26,27)28)15-33-20-10-4-17(5-11-20)14-21(24(31)32)30-12-2-3-13-30/h2-13,21H,14-15H2,1H3,(H,31,32). The molecular formula is C25H21F3N2O2S2. The van der Waals surface area contributed by atoms with Gasteiger partial charge < -0.3 is 9.67 Å². The third-order valence-electron chi connectivity index (χ3n) is 5.35. The highest BCUT2D eigenvalue weighted by molar-refractivity contribution is 7.98. The lowest BCUT2D eigenvalue weighted by Gasteiger charge is -2.14. The van der Waals surface area contributed by atoms with Crippen molar-refractivity contribution in [3.8, 4) is 10.6 Å². The van der Waals surface area contributed by atoms with E-state index in [1.807, 2.05) is 31.2 Å². The van der Waals surface area contributed by atoms with Crippen LogP contribution >= 0.6 is 23.1 Å². The molecule has 0 spiro atoms. The number of nitrogens with zero attached hydrogens (tertiary/aromatic N) is 2. The lowest BCUT2D eigenvalue weighted by atomic mass is 10.1. The molecule has 2 aromatic carbocycles. The van der Waals surface area contributed by atoms with Gasteiger partial charge in [-0.1, -0.05) is 24.3 Å². The molecule has 2 heterocycles. The lowest BCUT2D eigenvalue weighted by Crippen LogP contribution is -2.20. The Morgan fingerprint density at radius 3 is 2.32 bits per heavy atom. The molecule has 9 heteroatoms. The summed E-state index contributed by atoms with van der Waals surface area (Å²) in [5, 5.41) is 10.2. The number of aromatic nitrogens is 2. The molecule has 0 radical (unpaired) electrons. The van der Waals surface area contributed by atoms with Gasteiger partial charge in [0.15, 0.2) is 0 Å². The van der Waals surface area contributed by atoms with Crippen LogP contribution in [-0.2, 0) is 23.1 Å². The third kappa shape index (κ3) is 5.71. The van der Waals surface area contributed by atoms with Crippen molar-refractivity contribution in [2.24, 2.45) is 0 Å². The Bertz CT molecular complexity index is 1250. The smallest absolute Gasteiger partial charge is 0.416 e. The van der Waals surface area contributed by atoms with Gasteiger partial charge in [0.1, 0.15) is 11.0 Å². The summed E-state index contributed by atoms with van der Waals surface area (Å²) in [4.78, 5) is 18.3. The Morgan fingerprint density at radius 1 is 1.09 bits per heavy atom. The molecule has 176 valence electrons. The number of alkyl halides is 3. The number of aliphatic carboxylic acids is 1. The number of hydrogen-bond donors (Lipinski definition) is 1. The van der Waals surface area contributed by atoms with E-state index in [9.17, 15) is 23.1 Å². The summed E-state index contributed by atoms with van der Waals surface area (Å²) in [5.41, 5.74) is 1.79. The minimum Gasteiger partial charge on any atom is -0.480 e. The van der Waals surface area contributed by atoms with Crippen molar-refractivity contribution < 1.29 is 23.1 Å². The lowest BCUT2D eigenvalue weighted by molar-refractivity contribution is -0.141. The van der Waals surface area contributed by atoms with E-state index in [0.717, 1.165) is 33.2 Å². The van der Waals surface area contributed by atoms with Crippen LogP contribution in [-0.4, -0.2) is 20.6 Å². The van der Waals surface area contributed by atoms with E-state index in [4.69, 9.17) is 0 Å². The summed E-state index contributed by atoms with van der Waals surface area (Å²) < 4.78 is 40.1. The fourth-order valence-corrected chi connectivity index (χ4v) is 5.57. The maximum atomic E-state index is 12.8. The number of rotatable bonds is 8. The molecule has 1 N–H and O–H groups in total. The zero-order valence-corrected chi connectivity index (χ0v) is 19.8. The molecule has 34 heavy (non-hydrogen) atoms. The first-order chi connectivity index (χ1) is 16.2. The number of carboxylic acid groups (broad SMARTS) is 1. The molecule has 0 fully saturated rings. The zero-order chi connectivity index (χ0) is 24.3. The van der Waals surface area contributed by atoms with Gasteiger partial charge in [-0.15, -0.1) is 23.1 Å². The predicted octanol–water partition coefficient (Wildman–Crippen LogP) is 7.10. The second-order valence-corrected chi connectivity index (χ2v) is 9.86. The van der Waals surface area contributed by atoms with Gasteiger partial charge in [0.2, 0.25) is 0 Å². The summed E-state index contributed by atoms with van der Waals surface area (Å²) in [7, 11) is 0. The van der Waals surface area contributed by atoms with Crippen LogP contribution in [0.2, 0.25) is 0 Å². The van der Waals surface area contributed by atoms with E-state index < -0.39 is 23.8 Å². The minimum absolute atomic E-state index is 0.388. The second-order valence-electron chi connectivity index (χ2n) is 7.72. The largest absolute Gasteiger partial charge is 0.480 e. The Morgan fingerprint density at radius 2 is 1.74 bits per heavy atom. The number of thioether (sulfide) groups is 1. The molecule has 0 amide bonds. The average molecular weight is 503 g/mol. The van der Waals surface area contributed by atoms with Crippen molar-refractivity contribution in [3.05, 3.63) is 94.8 Å². The summed E-state index contributed by atoms with van der Waals surface area (Å²) >= 11 is 3.11. The van der Waals surface area contributed by atoms with Crippen molar-refractivity contribution in [3.63, 3.8) is 0 Å². The fourth-order valence-electron chi connectivity index (χ4n) is 3.46. The molecule has 4 nitrogen and oxygen atoms in total. The molecule has 2 aromatic heterocycles. The number of hydrogen-bond acceptors (Lipinski definition) is 4. The van der Waals surface area contributed by atoms with E-state index in [1.165, 1.54) is 23.5 Å². The Hall–Kier alpha value is -3.04. The van der Waals surface area contributed by atoms with Gasteiger partial charge in [0.05, 0.1) is 11.3 Å². The van der Waals surface area contributed by atoms with E-state index in [1.54, 1.807) is 40.9 Å². The van der Waals surface area contributed by atoms with Crippen molar-refractivity contribution in [2.45, 2.75) is 36.2 Å². The molecule has 4 aromatic rings. The first-order valence-corrected chi connectivity index (χ1v) is 12.2. The number of aryl methyl sites for hydroxylation is 1. The van der Waals surface area contributed by atoms with Crippen LogP contribution in [0.5, 0.6) is 0 Å². The molecule has 1 atom stereocenters. The van der Waals surface area contributed by atoms with Crippen molar-refractivity contribution >= 4 is 29.1 Å². The van der Waals surface area contributed by atoms with E-state index in [2.05, 4.69) is 4.98 Å². The molecule has 4 rings (SSSR count). The minimum atomic E-state index is -4.36. The van der Waals surface area contributed by atoms with Crippen LogP contribution in [0.15, 0.2) is 78.0 Å². The third-order valence-corrected chi connectivity index (χ3v) is 7.77. The van der Waals surface area contributed by atoms with Gasteiger partial charge in [0, 0.05) is 39.9 Å². The summed E-state index contributed by atoms with van der Waals surface area (Å²) in [6.07, 6.45) is -0.469. The van der Waals surface area contributed by atoms with Crippen LogP contribution in [0.4, 0.5) is 13.2 Å². The van der Waals surface area contributed by atoms with Crippen LogP contribution in [0, 0.1) is 6.92 Å². The molecule has 0 saturated carbocycles. The van der Waals surface area contributed by atoms with Gasteiger partial charge in [-0.25, -0.2) is 9.78 Å². The van der Waals surface area contributed by atoms with Gasteiger partial charge in [0.25, 0.3) is 0 Å². The van der Waals surface area contributed by atoms with Gasteiger partial charge in [-0.2, -0.15) is 13.2 Å². The van der Waals surface area contributed by atoms with Crippen LogP contribution < -0.4 is 0 Å². The Labute approximate surface area is 203 Å². The van der Waals surface area contributed by atoms with Gasteiger partial charge >= 0.3 is 12.1 Å². The Kier molecular flexibility index (Phi) is 7.13. The topological polar surface area (TPSA) is 55.1 Å². The van der Waals surface area contributed by atoms with Crippen LogP contribution in [0.1, 0.15) is 27.7 Å². The maximum Gasteiger partial charge on any atom is 0.416 e. The van der Waals surface area contributed by atoms with Gasteiger partial charge in [-0.05, 0) is 48.9 Å². The zero-order valence-electron chi connectivity index (χ0n) is 18.1. The van der Waals surface area contributed by atoms with Crippen molar-refractivity contribution in [1.29, 1.82) is 0 Å². The number of halogens is 3. The first-order valence-electron chi connectivity index (χ1n) is 10.4. The number of benzene rings is 2. The summed E-state index contributed by atoms with van der Waals surface area (Å²) in [6.45, 7) is 1.90. The Balaban J connectivity index is 1.39. The predicted molar refractivity (Wildman–Crippen MR) is 128 cm³/mol.